The summed E-state index contributed by atoms with van der Waals surface area (Å²) in [5.74, 6) is 0. The molecule has 0 saturated carbocycles. The molecule has 2 heterocycles. The van der Waals surface area contributed by atoms with Crippen LogP contribution in [0.25, 0.3) is 0 Å². The third-order valence-corrected chi connectivity index (χ3v) is 2.41. The van der Waals surface area contributed by atoms with Crippen LogP contribution < -0.4 is 0 Å². The monoisotopic (exact) mass is 182 g/mol. The van der Waals surface area contributed by atoms with Crippen molar-refractivity contribution in [3.63, 3.8) is 0 Å². The summed E-state index contributed by atoms with van der Waals surface area (Å²) in [6, 6.07) is 1.83. The highest BCUT2D eigenvalue weighted by atomic mass is 32.1. The van der Waals surface area contributed by atoms with Gasteiger partial charge in [0.25, 0.3) is 6.29 Å². The van der Waals surface area contributed by atoms with Gasteiger partial charge in [-0.25, -0.2) is 0 Å². The maximum absolute atomic E-state index is 10.5. The molecule has 0 bridgehead atoms. The van der Waals surface area contributed by atoms with Gasteiger partial charge in [-0.1, -0.05) is 0 Å². The van der Waals surface area contributed by atoms with Gasteiger partial charge in [-0.15, -0.1) is 11.3 Å². The lowest BCUT2D eigenvalue weighted by Crippen LogP contribution is -1.98. The number of hydrogen-bond acceptors (Lipinski definition) is 4. The topological polar surface area (TPSA) is 35.5 Å². The molecule has 4 heteroatoms. The quantitative estimate of drug-likeness (QED) is 0.657. The average Bonchev–Trinajstić information content (AvgIpc) is 2.74. The van der Waals surface area contributed by atoms with Crippen LogP contribution in [-0.2, 0) is 9.47 Å². The predicted octanol–water partition coefficient (Wildman–Crippen LogP) is 2.08. The molecule has 0 N–H and O–H groups in total. The first-order valence-corrected chi connectivity index (χ1v) is 4.28. The van der Waals surface area contributed by atoms with Crippen molar-refractivity contribution in [1.82, 2.24) is 0 Å². The standard InChI is InChI=1S/C8H6O3S/c9-5-7-6(1-4-12-7)8-10-2-3-11-8/h1-5,8H. The minimum atomic E-state index is -0.434. The molecule has 0 aromatic carbocycles. The van der Waals surface area contributed by atoms with Crippen LogP contribution in [0.4, 0.5) is 0 Å². The summed E-state index contributed by atoms with van der Waals surface area (Å²) in [5, 5.41) is 1.84. The molecule has 0 spiro atoms. The first-order valence-electron chi connectivity index (χ1n) is 3.40. The largest absolute Gasteiger partial charge is 0.455 e. The van der Waals surface area contributed by atoms with Crippen LogP contribution in [0.15, 0.2) is 24.0 Å². The molecule has 0 unspecified atom stereocenters. The molecular formula is C8H6O3S. The molecule has 2 rings (SSSR count). The molecule has 1 aliphatic heterocycles. The Kier molecular flexibility index (Phi) is 1.83. The zero-order chi connectivity index (χ0) is 8.39. The van der Waals surface area contributed by atoms with E-state index in [1.165, 1.54) is 23.9 Å². The minimum Gasteiger partial charge on any atom is -0.455 e. The Morgan fingerprint density at radius 3 is 2.83 bits per heavy atom. The lowest BCUT2D eigenvalue weighted by Gasteiger charge is -2.08. The Morgan fingerprint density at radius 2 is 2.17 bits per heavy atom. The molecule has 1 aromatic rings. The second-order valence-corrected chi connectivity index (χ2v) is 3.18. The Balaban J connectivity index is 2.26. The summed E-state index contributed by atoms with van der Waals surface area (Å²) >= 11 is 1.38. The molecule has 1 aromatic heterocycles. The summed E-state index contributed by atoms with van der Waals surface area (Å²) in [6.45, 7) is 0. The molecule has 62 valence electrons. The second kappa shape index (κ2) is 2.98. The van der Waals surface area contributed by atoms with E-state index in [9.17, 15) is 4.79 Å². The van der Waals surface area contributed by atoms with Crippen molar-refractivity contribution in [1.29, 1.82) is 0 Å². The van der Waals surface area contributed by atoms with Gasteiger partial charge in [-0.2, -0.15) is 0 Å². The fourth-order valence-electron chi connectivity index (χ4n) is 1.01. The van der Waals surface area contributed by atoms with Crippen molar-refractivity contribution in [2.45, 2.75) is 6.29 Å². The molecule has 0 amide bonds. The van der Waals surface area contributed by atoms with E-state index >= 15 is 0 Å². The fraction of sp³-hybridized carbons (Fsp3) is 0.125. The Morgan fingerprint density at radius 1 is 1.42 bits per heavy atom. The molecule has 0 atom stereocenters. The summed E-state index contributed by atoms with van der Waals surface area (Å²) in [5.41, 5.74) is 0.792. The Bertz CT molecular complexity index is 308. The van der Waals surface area contributed by atoms with E-state index in [1.54, 1.807) is 0 Å². The number of rotatable bonds is 2. The van der Waals surface area contributed by atoms with Crippen LogP contribution >= 0.6 is 11.3 Å². The first kappa shape index (κ1) is 7.36. The van der Waals surface area contributed by atoms with Crippen molar-refractivity contribution < 1.29 is 14.3 Å². The normalized spacial score (nSPS) is 15.7. The van der Waals surface area contributed by atoms with Gasteiger partial charge in [0, 0.05) is 0 Å². The van der Waals surface area contributed by atoms with Crippen molar-refractivity contribution in [3.05, 3.63) is 34.4 Å². The van der Waals surface area contributed by atoms with Crippen LogP contribution in [0.5, 0.6) is 0 Å². The van der Waals surface area contributed by atoms with E-state index in [0.717, 1.165) is 11.8 Å². The predicted molar refractivity (Wildman–Crippen MR) is 43.8 cm³/mol. The zero-order valence-electron chi connectivity index (χ0n) is 6.10. The molecule has 12 heavy (non-hydrogen) atoms. The van der Waals surface area contributed by atoms with Gasteiger partial charge in [0.15, 0.2) is 6.29 Å². The zero-order valence-corrected chi connectivity index (χ0v) is 6.91. The van der Waals surface area contributed by atoms with Crippen LogP contribution in [-0.4, -0.2) is 6.29 Å². The minimum absolute atomic E-state index is 0.434. The van der Waals surface area contributed by atoms with Crippen molar-refractivity contribution >= 4 is 17.6 Å². The van der Waals surface area contributed by atoms with Gasteiger partial charge < -0.3 is 9.47 Å². The van der Waals surface area contributed by atoms with Gasteiger partial charge in [0.1, 0.15) is 12.5 Å². The lowest BCUT2D eigenvalue weighted by atomic mass is 10.2. The van der Waals surface area contributed by atoms with Crippen molar-refractivity contribution in [3.8, 4) is 0 Å². The highest BCUT2D eigenvalue weighted by molar-refractivity contribution is 7.11. The van der Waals surface area contributed by atoms with Crippen molar-refractivity contribution in [2.75, 3.05) is 0 Å². The smallest absolute Gasteiger partial charge is 0.267 e. The lowest BCUT2D eigenvalue weighted by molar-refractivity contribution is -0.0245. The third kappa shape index (κ3) is 1.10. The van der Waals surface area contributed by atoms with E-state index in [0.29, 0.717) is 4.88 Å². The first-order chi connectivity index (χ1) is 5.92. The van der Waals surface area contributed by atoms with E-state index in [-0.39, 0.29) is 0 Å². The fourth-order valence-corrected chi connectivity index (χ4v) is 1.72. The number of carbonyl (C=O) groups is 1. The van der Waals surface area contributed by atoms with Gasteiger partial charge in [0.2, 0.25) is 0 Å². The summed E-state index contributed by atoms with van der Waals surface area (Å²) < 4.78 is 10.2. The van der Waals surface area contributed by atoms with E-state index in [2.05, 4.69) is 0 Å². The maximum Gasteiger partial charge on any atom is 0.267 e. The molecule has 0 aliphatic carbocycles. The molecule has 3 nitrogen and oxygen atoms in total. The SMILES string of the molecule is O=Cc1sccc1C1OC=CO1. The molecule has 0 saturated heterocycles. The van der Waals surface area contributed by atoms with Crippen LogP contribution in [0.3, 0.4) is 0 Å². The molecule has 0 fully saturated rings. The van der Waals surface area contributed by atoms with Gasteiger partial charge in [-0.05, 0) is 11.4 Å². The van der Waals surface area contributed by atoms with E-state index < -0.39 is 6.29 Å². The van der Waals surface area contributed by atoms with Gasteiger partial charge >= 0.3 is 0 Å². The van der Waals surface area contributed by atoms with Crippen LogP contribution in [0, 0.1) is 0 Å². The number of thiophene rings is 1. The van der Waals surface area contributed by atoms with Gasteiger partial charge in [0.05, 0.1) is 10.4 Å². The maximum atomic E-state index is 10.5. The summed E-state index contributed by atoms with van der Waals surface area (Å²) in [7, 11) is 0. The van der Waals surface area contributed by atoms with Crippen molar-refractivity contribution in [2.24, 2.45) is 0 Å². The van der Waals surface area contributed by atoms with Crippen LogP contribution in [0.2, 0.25) is 0 Å². The summed E-state index contributed by atoms with van der Waals surface area (Å²) in [6.07, 6.45) is 3.32. The molecule has 1 aliphatic rings. The second-order valence-electron chi connectivity index (χ2n) is 2.23. The third-order valence-electron chi connectivity index (χ3n) is 1.55. The number of carbonyl (C=O) groups excluding carboxylic acids is 1. The highest BCUT2D eigenvalue weighted by Crippen LogP contribution is 2.28. The summed E-state index contributed by atoms with van der Waals surface area (Å²) in [4.78, 5) is 11.2. The number of ether oxygens (including phenoxy) is 2. The molecular weight excluding hydrogens is 176 g/mol. The molecule has 0 radical (unpaired) electrons. The van der Waals surface area contributed by atoms with E-state index in [4.69, 9.17) is 9.47 Å². The Labute approximate surface area is 73.2 Å². The Hall–Kier alpha value is -1.29. The van der Waals surface area contributed by atoms with Gasteiger partial charge in [-0.3, -0.25) is 4.79 Å². The van der Waals surface area contributed by atoms with Crippen LogP contribution in [0.1, 0.15) is 21.5 Å². The number of aldehydes is 1. The number of hydrogen-bond donors (Lipinski definition) is 0. The highest BCUT2D eigenvalue weighted by Gasteiger charge is 2.19. The van der Waals surface area contributed by atoms with E-state index in [1.807, 2.05) is 11.4 Å². The average molecular weight is 182 g/mol.